The van der Waals surface area contributed by atoms with Crippen molar-refractivity contribution >= 4 is 17.2 Å². The van der Waals surface area contributed by atoms with Crippen molar-refractivity contribution in [2.75, 3.05) is 13.2 Å². The van der Waals surface area contributed by atoms with Crippen molar-refractivity contribution in [3.8, 4) is 11.8 Å². The van der Waals surface area contributed by atoms with E-state index in [1.807, 2.05) is 16.3 Å². The summed E-state index contributed by atoms with van der Waals surface area (Å²) in [6.07, 6.45) is 3.06. The van der Waals surface area contributed by atoms with Gasteiger partial charge in [-0.05, 0) is 25.8 Å². The predicted molar refractivity (Wildman–Crippen MR) is 84.0 cm³/mol. The number of nitrogens with zero attached hydrogens (tertiary/aromatic N) is 1. The van der Waals surface area contributed by atoms with E-state index in [4.69, 9.17) is 5.11 Å². The number of hydrogen-bond donors (Lipinski definition) is 1. The molecule has 0 aromatic carbocycles. The Morgan fingerprint density at radius 1 is 1.50 bits per heavy atom. The van der Waals surface area contributed by atoms with Crippen LogP contribution < -0.4 is 0 Å². The fraction of sp³-hybridized carbons (Fsp3) is 0.562. The molecule has 0 saturated heterocycles. The van der Waals surface area contributed by atoms with E-state index in [1.54, 1.807) is 0 Å². The van der Waals surface area contributed by atoms with Crippen molar-refractivity contribution in [2.24, 2.45) is 0 Å². The molecule has 0 aliphatic rings. The topological polar surface area (TPSA) is 40.5 Å². The van der Waals surface area contributed by atoms with E-state index in [0.717, 1.165) is 30.7 Å². The Hall–Kier alpha value is -1.31. The number of aliphatic hydroxyl groups is 1. The molecule has 3 nitrogen and oxygen atoms in total. The molecule has 0 bridgehead atoms. The van der Waals surface area contributed by atoms with Crippen LogP contribution in [-0.4, -0.2) is 35.1 Å². The summed E-state index contributed by atoms with van der Waals surface area (Å²) in [5.74, 6) is 5.53. The molecular weight excluding hydrogens is 270 g/mol. The van der Waals surface area contributed by atoms with Crippen LogP contribution >= 0.6 is 11.3 Å². The van der Waals surface area contributed by atoms with E-state index in [1.165, 1.54) is 11.3 Å². The first kappa shape index (κ1) is 16.7. The molecule has 1 aromatic rings. The lowest BCUT2D eigenvalue weighted by Crippen LogP contribution is -2.38. The maximum absolute atomic E-state index is 12.6. The minimum atomic E-state index is -0.156. The lowest BCUT2D eigenvalue weighted by molar-refractivity contribution is 0.0686. The van der Waals surface area contributed by atoms with Gasteiger partial charge in [-0.15, -0.1) is 11.3 Å². The second kappa shape index (κ2) is 8.78. The molecule has 20 heavy (non-hydrogen) atoms. The van der Waals surface area contributed by atoms with E-state index in [0.29, 0.717) is 5.56 Å². The van der Waals surface area contributed by atoms with E-state index < -0.39 is 0 Å². The van der Waals surface area contributed by atoms with E-state index >= 15 is 0 Å². The Bertz CT molecular complexity index is 484. The van der Waals surface area contributed by atoms with Gasteiger partial charge in [0.25, 0.3) is 5.91 Å². The van der Waals surface area contributed by atoms with Crippen molar-refractivity contribution in [3.63, 3.8) is 0 Å². The molecule has 1 amide bonds. The van der Waals surface area contributed by atoms with Crippen molar-refractivity contribution < 1.29 is 9.90 Å². The number of rotatable bonds is 6. The lowest BCUT2D eigenvalue weighted by atomic mass is 10.1. The average Bonchev–Trinajstić information content (AvgIpc) is 2.93. The molecule has 1 unspecified atom stereocenters. The number of amides is 1. The van der Waals surface area contributed by atoms with Gasteiger partial charge in [0.1, 0.15) is 6.61 Å². The van der Waals surface area contributed by atoms with Crippen LogP contribution in [0.3, 0.4) is 0 Å². The molecule has 1 N–H and O–H groups in total. The third kappa shape index (κ3) is 4.66. The fourth-order valence-corrected chi connectivity index (χ4v) is 2.63. The minimum absolute atomic E-state index is 0.0844. The van der Waals surface area contributed by atoms with Gasteiger partial charge in [-0.1, -0.05) is 32.1 Å². The monoisotopic (exact) mass is 293 g/mol. The molecule has 1 rings (SSSR count). The molecule has 0 spiro atoms. The molecule has 1 aromatic heterocycles. The fourth-order valence-electron chi connectivity index (χ4n) is 1.88. The van der Waals surface area contributed by atoms with Crippen LogP contribution in [0.2, 0.25) is 0 Å². The highest BCUT2D eigenvalue weighted by molar-refractivity contribution is 7.10. The lowest BCUT2D eigenvalue weighted by Gasteiger charge is -2.28. The van der Waals surface area contributed by atoms with Gasteiger partial charge in [-0.3, -0.25) is 4.79 Å². The smallest absolute Gasteiger partial charge is 0.254 e. The SMILES string of the molecule is CCCCN(C(=O)c1csc(C#CCO)c1)C(C)CC. The zero-order valence-corrected chi connectivity index (χ0v) is 13.3. The van der Waals surface area contributed by atoms with Crippen molar-refractivity contribution in [3.05, 3.63) is 21.9 Å². The normalized spacial score (nSPS) is 11.6. The van der Waals surface area contributed by atoms with Crippen LogP contribution in [0.4, 0.5) is 0 Å². The predicted octanol–water partition coefficient (Wildman–Crippen LogP) is 3.13. The van der Waals surface area contributed by atoms with E-state index in [9.17, 15) is 4.79 Å². The Morgan fingerprint density at radius 2 is 2.25 bits per heavy atom. The summed E-state index contributed by atoms with van der Waals surface area (Å²) in [5.41, 5.74) is 0.702. The number of carbonyl (C=O) groups is 1. The maximum Gasteiger partial charge on any atom is 0.254 e. The Balaban J connectivity index is 2.85. The van der Waals surface area contributed by atoms with Crippen LogP contribution in [0, 0.1) is 11.8 Å². The summed E-state index contributed by atoms with van der Waals surface area (Å²) in [6.45, 7) is 6.97. The number of unbranched alkanes of at least 4 members (excludes halogenated alkanes) is 1. The summed E-state index contributed by atoms with van der Waals surface area (Å²) in [7, 11) is 0. The summed E-state index contributed by atoms with van der Waals surface area (Å²) in [5, 5.41) is 10.5. The molecule has 110 valence electrons. The van der Waals surface area contributed by atoms with Gasteiger partial charge in [-0.2, -0.15) is 0 Å². The minimum Gasteiger partial charge on any atom is -0.384 e. The zero-order chi connectivity index (χ0) is 15.0. The van der Waals surface area contributed by atoms with Gasteiger partial charge in [0, 0.05) is 18.0 Å². The third-order valence-electron chi connectivity index (χ3n) is 3.27. The van der Waals surface area contributed by atoms with Crippen LogP contribution in [0.1, 0.15) is 55.3 Å². The molecule has 0 aliphatic heterocycles. The van der Waals surface area contributed by atoms with Gasteiger partial charge in [0.15, 0.2) is 0 Å². The molecule has 0 aliphatic carbocycles. The van der Waals surface area contributed by atoms with E-state index in [2.05, 4.69) is 32.6 Å². The van der Waals surface area contributed by atoms with Gasteiger partial charge in [0.2, 0.25) is 0 Å². The second-order valence-corrected chi connectivity index (χ2v) is 5.68. The highest BCUT2D eigenvalue weighted by Gasteiger charge is 2.20. The van der Waals surface area contributed by atoms with Gasteiger partial charge < -0.3 is 10.0 Å². The van der Waals surface area contributed by atoms with Gasteiger partial charge >= 0.3 is 0 Å². The summed E-state index contributed by atoms with van der Waals surface area (Å²) < 4.78 is 0. The van der Waals surface area contributed by atoms with Crippen LogP contribution in [0.15, 0.2) is 11.4 Å². The number of carbonyl (C=O) groups excluding carboxylic acids is 1. The Morgan fingerprint density at radius 3 is 2.85 bits per heavy atom. The maximum atomic E-state index is 12.6. The largest absolute Gasteiger partial charge is 0.384 e. The van der Waals surface area contributed by atoms with Gasteiger partial charge in [0.05, 0.1) is 10.4 Å². The molecule has 0 fully saturated rings. The molecule has 1 atom stereocenters. The van der Waals surface area contributed by atoms with Crippen LogP contribution in [-0.2, 0) is 0 Å². The number of thiophene rings is 1. The van der Waals surface area contributed by atoms with Crippen molar-refractivity contribution in [2.45, 2.75) is 46.1 Å². The molecule has 1 heterocycles. The van der Waals surface area contributed by atoms with Gasteiger partial charge in [-0.25, -0.2) is 0 Å². The first-order valence-corrected chi connectivity index (χ1v) is 8.01. The molecule has 4 heteroatoms. The Kier molecular flexibility index (Phi) is 7.35. The summed E-state index contributed by atoms with van der Waals surface area (Å²) >= 11 is 1.45. The van der Waals surface area contributed by atoms with Crippen molar-refractivity contribution in [1.82, 2.24) is 4.90 Å². The molecule has 0 radical (unpaired) electrons. The molecular formula is C16H23NO2S. The summed E-state index contributed by atoms with van der Waals surface area (Å²) in [6, 6.07) is 2.07. The number of aliphatic hydroxyl groups excluding tert-OH is 1. The zero-order valence-electron chi connectivity index (χ0n) is 12.5. The highest BCUT2D eigenvalue weighted by atomic mass is 32.1. The first-order valence-electron chi connectivity index (χ1n) is 7.13. The van der Waals surface area contributed by atoms with Crippen LogP contribution in [0.25, 0.3) is 0 Å². The van der Waals surface area contributed by atoms with Crippen molar-refractivity contribution in [1.29, 1.82) is 0 Å². The first-order chi connectivity index (χ1) is 9.63. The standard InChI is InChI=1S/C16H23NO2S/c1-4-6-9-17(13(3)5-2)16(19)14-11-15(20-12-14)8-7-10-18/h11-13,18H,4-6,9-10H2,1-3H3. The molecule has 0 saturated carbocycles. The second-order valence-electron chi connectivity index (χ2n) is 4.77. The third-order valence-corrected chi connectivity index (χ3v) is 4.12. The van der Waals surface area contributed by atoms with Crippen LogP contribution in [0.5, 0.6) is 0 Å². The summed E-state index contributed by atoms with van der Waals surface area (Å²) in [4.78, 5) is 15.3. The highest BCUT2D eigenvalue weighted by Crippen LogP contribution is 2.18. The quantitative estimate of drug-likeness (QED) is 0.819. The van der Waals surface area contributed by atoms with E-state index in [-0.39, 0.29) is 18.6 Å². The Labute approximate surface area is 125 Å². The average molecular weight is 293 g/mol. The number of hydrogen-bond acceptors (Lipinski definition) is 3.